The van der Waals surface area contributed by atoms with Gasteiger partial charge in [0.05, 0.1) is 11.5 Å². The number of rotatable bonds is 12. The van der Waals surface area contributed by atoms with Crippen molar-refractivity contribution >= 4 is 39.3 Å². The van der Waals surface area contributed by atoms with Crippen LogP contribution in [0.25, 0.3) is 6.08 Å². The number of unbranched alkanes of at least 4 members (excludes halogenated alkanes) is 5. The fourth-order valence-corrected chi connectivity index (χ4v) is 3.41. The molecule has 0 radical (unpaired) electrons. The first kappa shape index (κ1) is 25.1. The standard InChI is InChI=1S/C24H26BrN3O4/c1-2-3-4-5-6-7-13-32-23-12-11-20(25)15-18(23)14-19(17-26)24(29)27-21-9-8-10-22(16-21)28(30)31/h8-12,14-16H,2-7,13H2,1H3,(H,27,29)/b19-14-. The minimum Gasteiger partial charge on any atom is -0.493 e. The van der Waals surface area contributed by atoms with Gasteiger partial charge in [-0.15, -0.1) is 0 Å². The molecule has 0 fully saturated rings. The Morgan fingerprint density at radius 1 is 1.19 bits per heavy atom. The van der Waals surface area contributed by atoms with Crippen molar-refractivity contribution in [3.63, 3.8) is 0 Å². The summed E-state index contributed by atoms with van der Waals surface area (Å²) in [6, 6.07) is 12.8. The molecule has 2 rings (SSSR count). The van der Waals surface area contributed by atoms with Gasteiger partial charge in [0.2, 0.25) is 0 Å². The first-order valence-corrected chi connectivity index (χ1v) is 11.3. The third-order valence-electron chi connectivity index (χ3n) is 4.71. The molecule has 1 amide bonds. The number of carbonyl (C=O) groups is 1. The first-order valence-electron chi connectivity index (χ1n) is 10.5. The summed E-state index contributed by atoms with van der Waals surface area (Å²) in [6.07, 6.45) is 8.35. The van der Waals surface area contributed by atoms with Crippen LogP contribution in [0.5, 0.6) is 5.75 Å². The quantitative estimate of drug-likeness (QED) is 0.116. The minimum atomic E-state index is -0.658. The number of halogens is 1. The van der Waals surface area contributed by atoms with Gasteiger partial charge in [0, 0.05) is 27.9 Å². The van der Waals surface area contributed by atoms with Gasteiger partial charge in [0.25, 0.3) is 11.6 Å². The number of nitrogens with one attached hydrogen (secondary N) is 1. The molecule has 0 saturated heterocycles. The number of nitriles is 1. The van der Waals surface area contributed by atoms with Gasteiger partial charge >= 0.3 is 0 Å². The number of nitro groups is 1. The molecule has 0 aliphatic rings. The second-order valence-electron chi connectivity index (χ2n) is 7.23. The summed E-state index contributed by atoms with van der Waals surface area (Å²) in [6.45, 7) is 2.74. The van der Waals surface area contributed by atoms with Gasteiger partial charge in [-0.25, -0.2) is 0 Å². The van der Waals surface area contributed by atoms with Gasteiger partial charge in [-0.3, -0.25) is 14.9 Å². The Balaban J connectivity index is 2.09. The Morgan fingerprint density at radius 3 is 2.66 bits per heavy atom. The lowest BCUT2D eigenvalue weighted by Crippen LogP contribution is -2.13. The van der Waals surface area contributed by atoms with Crippen molar-refractivity contribution < 1.29 is 14.5 Å². The molecule has 8 heteroatoms. The van der Waals surface area contributed by atoms with Crippen LogP contribution in [0.2, 0.25) is 0 Å². The molecule has 0 unspecified atom stereocenters. The predicted molar refractivity (Wildman–Crippen MR) is 128 cm³/mol. The van der Waals surface area contributed by atoms with Crippen LogP contribution in [0.3, 0.4) is 0 Å². The maximum absolute atomic E-state index is 12.6. The second-order valence-corrected chi connectivity index (χ2v) is 8.15. The van der Waals surface area contributed by atoms with Crippen molar-refractivity contribution in [1.82, 2.24) is 0 Å². The molecule has 0 aliphatic heterocycles. The SMILES string of the molecule is CCCCCCCCOc1ccc(Br)cc1/C=C(/C#N)C(=O)Nc1cccc([N+](=O)[O-])c1. The van der Waals surface area contributed by atoms with E-state index >= 15 is 0 Å². The highest BCUT2D eigenvalue weighted by Crippen LogP contribution is 2.26. The molecule has 2 aromatic carbocycles. The highest BCUT2D eigenvalue weighted by Gasteiger charge is 2.14. The molecule has 32 heavy (non-hydrogen) atoms. The lowest BCUT2D eigenvalue weighted by atomic mass is 10.1. The average Bonchev–Trinajstić information content (AvgIpc) is 2.78. The molecule has 0 spiro atoms. The summed E-state index contributed by atoms with van der Waals surface area (Å²) in [5, 5.41) is 23.0. The van der Waals surface area contributed by atoms with Gasteiger partial charge in [0.15, 0.2) is 0 Å². The number of hydrogen-bond donors (Lipinski definition) is 1. The maximum atomic E-state index is 12.6. The van der Waals surface area contributed by atoms with Crippen molar-refractivity contribution in [3.8, 4) is 11.8 Å². The number of nitrogens with zero attached hydrogens (tertiary/aromatic N) is 2. The van der Waals surface area contributed by atoms with E-state index in [2.05, 4.69) is 28.2 Å². The number of amides is 1. The van der Waals surface area contributed by atoms with Crippen molar-refractivity contribution in [1.29, 1.82) is 5.26 Å². The third kappa shape index (κ3) is 8.16. The van der Waals surface area contributed by atoms with Crippen LogP contribution in [0.4, 0.5) is 11.4 Å². The molecule has 0 heterocycles. The van der Waals surface area contributed by atoms with E-state index < -0.39 is 10.8 Å². The third-order valence-corrected chi connectivity index (χ3v) is 5.20. The lowest BCUT2D eigenvalue weighted by Gasteiger charge is -2.11. The van der Waals surface area contributed by atoms with Crippen LogP contribution < -0.4 is 10.1 Å². The Labute approximate surface area is 196 Å². The lowest BCUT2D eigenvalue weighted by molar-refractivity contribution is -0.384. The van der Waals surface area contributed by atoms with Crippen molar-refractivity contribution in [2.24, 2.45) is 0 Å². The van der Waals surface area contributed by atoms with Crippen molar-refractivity contribution in [3.05, 3.63) is 68.2 Å². The van der Waals surface area contributed by atoms with E-state index in [1.54, 1.807) is 12.1 Å². The van der Waals surface area contributed by atoms with Crippen LogP contribution in [0.1, 0.15) is 51.0 Å². The van der Waals surface area contributed by atoms with E-state index in [0.717, 1.165) is 17.3 Å². The molecule has 0 bridgehead atoms. The molecule has 7 nitrogen and oxygen atoms in total. The number of carbonyl (C=O) groups excluding carboxylic acids is 1. The molecule has 0 aromatic heterocycles. The first-order chi connectivity index (χ1) is 15.4. The molecule has 0 aliphatic carbocycles. The number of nitro benzene ring substituents is 1. The van der Waals surface area contributed by atoms with E-state index in [1.807, 2.05) is 12.1 Å². The van der Waals surface area contributed by atoms with Gasteiger partial charge in [-0.1, -0.05) is 61.0 Å². The molecule has 0 atom stereocenters. The summed E-state index contributed by atoms with van der Waals surface area (Å²) in [5.41, 5.74) is 0.539. The second kappa shape index (κ2) is 13.3. The number of ether oxygens (including phenoxy) is 1. The largest absolute Gasteiger partial charge is 0.493 e. The minimum absolute atomic E-state index is 0.140. The topological polar surface area (TPSA) is 105 Å². The summed E-state index contributed by atoms with van der Waals surface area (Å²) >= 11 is 3.41. The normalized spacial score (nSPS) is 11.0. The Kier molecular flexibility index (Phi) is 10.4. The molecule has 168 valence electrons. The molecular weight excluding hydrogens is 474 g/mol. The zero-order valence-electron chi connectivity index (χ0n) is 18.0. The Bertz CT molecular complexity index is 1010. The van der Waals surface area contributed by atoms with Crippen molar-refractivity contribution in [2.75, 3.05) is 11.9 Å². The number of non-ortho nitro benzene ring substituents is 1. The van der Waals surface area contributed by atoms with Crippen molar-refractivity contribution in [2.45, 2.75) is 45.4 Å². The molecule has 0 saturated carbocycles. The fraction of sp³-hybridized carbons (Fsp3) is 0.333. The van der Waals surface area contributed by atoms with Crippen LogP contribution in [-0.4, -0.2) is 17.4 Å². The van der Waals surface area contributed by atoms with E-state index in [0.29, 0.717) is 17.9 Å². The number of benzene rings is 2. The van der Waals surface area contributed by atoms with E-state index in [9.17, 15) is 20.2 Å². The predicted octanol–water partition coefficient (Wildman–Crippen LogP) is 6.64. The smallest absolute Gasteiger partial charge is 0.271 e. The highest BCUT2D eigenvalue weighted by molar-refractivity contribution is 9.10. The van der Waals surface area contributed by atoms with Crippen LogP contribution >= 0.6 is 15.9 Å². The summed E-state index contributed by atoms with van der Waals surface area (Å²) in [4.78, 5) is 23.0. The monoisotopic (exact) mass is 499 g/mol. The van der Waals surface area contributed by atoms with E-state index in [-0.39, 0.29) is 16.9 Å². The zero-order valence-corrected chi connectivity index (χ0v) is 19.6. The van der Waals surface area contributed by atoms with Crippen LogP contribution in [-0.2, 0) is 4.79 Å². The maximum Gasteiger partial charge on any atom is 0.271 e. The number of hydrogen-bond acceptors (Lipinski definition) is 5. The fourth-order valence-electron chi connectivity index (χ4n) is 3.03. The van der Waals surface area contributed by atoms with Crippen LogP contribution in [0.15, 0.2) is 52.5 Å². The Hall–Kier alpha value is -3.18. The molecule has 2 aromatic rings. The van der Waals surface area contributed by atoms with Gasteiger partial charge in [-0.2, -0.15) is 5.26 Å². The Morgan fingerprint density at radius 2 is 1.94 bits per heavy atom. The van der Waals surface area contributed by atoms with Gasteiger partial charge < -0.3 is 10.1 Å². The van der Waals surface area contributed by atoms with Gasteiger partial charge in [-0.05, 0) is 36.8 Å². The number of anilines is 1. The van der Waals surface area contributed by atoms with Crippen LogP contribution in [0, 0.1) is 21.4 Å². The van der Waals surface area contributed by atoms with Gasteiger partial charge in [0.1, 0.15) is 17.4 Å². The zero-order chi connectivity index (χ0) is 23.3. The summed E-state index contributed by atoms with van der Waals surface area (Å²) in [5.74, 6) is -0.0764. The summed E-state index contributed by atoms with van der Waals surface area (Å²) in [7, 11) is 0. The average molecular weight is 500 g/mol. The van der Waals surface area contributed by atoms with E-state index in [1.165, 1.54) is 56.0 Å². The highest BCUT2D eigenvalue weighted by atomic mass is 79.9. The summed E-state index contributed by atoms with van der Waals surface area (Å²) < 4.78 is 6.69. The molecule has 1 N–H and O–H groups in total. The molecular formula is C24H26BrN3O4. The van der Waals surface area contributed by atoms with E-state index in [4.69, 9.17) is 4.74 Å².